The van der Waals surface area contributed by atoms with Crippen molar-refractivity contribution in [2.75, 3.05) is 39.5 Å². The molecule has 0 fully saturated rings. The average molecular weight is 196 g/mol. The lowest BCUT2D eigenvalue weighted by atomic mass is 10.4. The quantitative estimate of drug-likeness (QED) is 0.290. The molecular weight excluding hydrogens is 178 g/mol. The van der Waals surface area contributed by atoms with Gasteiger partial charge in [0.05, 0.1) is 19.8 Å². The summed E-state index contributed by atoms with van der Waals surface area (Å²) >= 11 is 0. The first-order valence-corrected chi connectivity index (χ1v) is 3.89. The maximum atomic E-state index is 9.47. The second-order valence-electron chi connectivity index (χ2n) is 2.44. The van der Waals surface area contributed by atoms with Gasteiger partial charge in [0.2, 0.25) is 0 Å². The number of carbonyl (C=O) groups excluding carboxylic acids is 1. The molecule has 6 heteroatoms. The van der Waals surface area contributed by atoms with E-state index < -0.39 is 4.65 Å². The van der Waals surface area contributed by atoms with Gasteiger partial charge in [0, 0.05) is 0 Å². The third-order valence-electron chi connectivity index (χ3n) is 1.55. The molecule has 0 unspecified atom stereocenters. The van der Waals surface area contributed by atoms with E-state index in [0.29, 0.717) is 0 Å². The first-order valence-electron chi connectivity index (χ1n) is 3.89. The highest BCUT2D eigenvalue weighted by Gasteiger charge is 2.22. The summed E-state index contributed by atoms with van der Waals surface area (Å²) in [5.74, 6) is 0. The van der Waals surface area contributed by atoms with Crippen LogP contribution in [0.25, 0.3) is 0 Å². The number of rotatable bonds is 6. The van der Waals surface area contributed by atoms with Crippen LogP contribution in [0.5, 0.6) is 0 Å². The van der Waals surface area contributed by atoms with Crippen LogP contribution < -0.4 is 0 Å². The molecule has 0 atom stereocenters. The molecule has 0 saturated heterocycles. The third-order valence-corrected chi connectivity index (χ3v) is 1.55. The van der Waals surface area contributed by atoms with Crippen LogP contribution in [0.15, 0.2) is 0 Å². The molecule has 4 N–H and O–H groups in total. The lowest BCUT2D eigenvalue weighted by Gasteiger charge is -2.27. The summed E-state index contributed by atoms with van der Waals surface area (Å²) in [4.78, 5) is 8.00. The molecule has 0 saturated carbocycles. The van der Waals surface area contributed by atoms with E-state index in [1.54, 1.807) is 0 Å². The topological polar surface area (TPSA) is 98.0 Å². The molecule has 0 radical (unpaired) electrons. The first kappa shape index (κ1) is 15.0. The maximum Gasteiger partial charge on any atom is 0.132 e. The van der Waals surface area contributed by atoms with Crippen molar-refractivity contribution in [2.45, 2.75) is 0 Å². The monoisotopic (exact) mass is 196 g/mol. The van der Waals surface area contributed by atoms with Crippen LogP contribution in [-0.4, -0.2) is 71.4 Å². The summed E-state index contributed by atoms with van der Waals surface area (Å²) in [6.07, 6.45) is 0. The Morgan fingerprint density at radius 2 is 1.08 bits per heavy atom. The standard InChI is InChI=1S/C6H16NO4.CH2O/c8-4-1-7(11,2-5-9)3-6-10;1-2/h8-11H,1-6H2;1H2/q+1;. The number of hydroxylamine groups is 3. The van der Waals surface area contributed by atoms with Gasteiger partial charge >= 0.3 is 0 Å². The van der Waals surface area contributed by atoms with Crippen LogP contribution in [0, 0.1) is 0 Å². The summed E-state index contributed by atoms with van der Waals surface area (Å²) in [6, 6.07) is 0. The number of carbonyl (C=O) groups is 1. The van der Waals surface area contributed by atoms with Crippen molar-refractivity contribution in [2.24, 2.45) is 0 Å². The largest absolute Gasteiger partial charge is 0.390 e. The summed E-state index contributed by atoms with van der Waals surface area (Å²) in [6.45, 7) is 1.95. The molecule has 13 heavy (non-hydrogen) atoms. The Kier molecular flexibility index (Phi) is 11.0. The van der Waals surface area contributed by atoms with Gasteiger partial charge in [0.15, 0.2) is 0 Å². The fourth-order valence-electron chi connectivity index (χ4n) is 0.894. The molecule has 0 aromatic heterocycles. The van der Waals surface area contributed by atoms with Gasteiger partial charge in [-0.3, -0.25) is 0 Å². The van der Waals surface area contributed by atoms with Gasteiger partial charge in [-0.1, -0.05) is 0 Å². The maximum absolute atomic E-state index is 9.47. The molecule has 0 heterocycles. The molecule has 80 valence electrons. The normalized spacial score (nSPS) is 10.5. The lowest BCUT2D eigenvalue weighted by Crippen LogP contribution is -2.50. The average Bonchev–Trinajstić information content (AvgIpc) is 2.09. The van der Waals surface area contributed by atoms with Crippen molar-refractivity contribution < 1.29 is 30.0 Å². The lowest BCUT2D eigenvalue weighted by molar-refractivity contribution is -1.10. The second-order valence-corrected chi connectivity index (χ2v) is 2.44. The number of quaternary nitrogens is 1. The Balaban J connectivity index is 0. The van der Waals surface area contributed by atoms with Crippen molar-refractivity contribution in [1.29, 1.82) is 0 Å². The highest BCUT2D eigenvalue weighted by molar-refractivity contribution is 5.10. The van der Waals surface area contributed by atoms with Crippen LogP contribution in [0.1, 0.15) is 0 Å². The molecule has 0 aliphatic heterocycles. The summed E-state index contributed by atoms with van der Waals surface area (Å²) in [5.41, 5.74) is 0. The Morgan fingerprint density at radius 1 is 0.846 bits per heavy atom. The fourth-order valence-corrected chi connectivity index (χ4v) is 0.894. The minimum atomic E-state index is -0.469. The van der Waals surface area contributed by atoms with Crippen molar-refractivity contribution in [3.8, 4) is 0 Å². The van der Waals surface area contributed by atoms with E-state index in [0.717, 1.165) is 0 Å². The summed E-state index contributed by atoms with van der Waals surface area (Å²) < 4.78 is -0.469. The minimum absolute atomic E-state index is 0.140. The molecule has 0 aliphatic rings. The van der Waals surface area contributed by atoms with Crippen molar-refractivity contribution in [3.63, 3.8) is 0 Å². The zero-order chi connectivity index (χ0) is 10.7. The van der Waals surface area contributed by atoms with Gasteiger partial charge in [-0.15, -0.1) is 0 Å². The van der Waals surface area contributed by atoms with E-state index >= 15 is 0 Å². The minimum Gasteiger partial charge on any atom is -0.390 e. The molecule has 0 aliphatic carbocycles. The molecule has 0 aromatic rings. The molecule has 0 rings (SSSR count). The van der Waals surface area contributed by atoms with Gasteiger partial charge in [-0.2, -0.15) is 4.65 Å². The smallest absolute Gasteiger partial charge is 0.132 e. The summed E-state index contributed by atoms with van der Waals surface area (Å²) in [5, 5.41) is 35.0. The van der Waals surface area contributed by atoms with E-state index in [-0.39, 0.29) is 39.5 Å². The zero-order valence-corrected chi connectivity index (χ0v) is 7.59. The van der Waals surface area contributed by atoms with Crippen LogP contribution in [0.2, 0.25) is 0 Å². The van der Waals surface area contributed by atoms with Gasteiger partial charge in [-0.25, -0.2) is 5.21 Å². The second kappa shape index (κ2) is 9.56. The number of aliphatic hydroxyl groups excluding tert-OH is 3. The molecule has 0 amide bonds. The first-order chi connectivity index (χ1) is 6.18. The highest BCUT2D eigenvalue weighted by atomic mass is 16.5. The van der Waals surface area contributed by atoms with Crippen LogP contribution in [0.3, 0.4) is 0 Å². The van der Waals surface area contributed by atoms with Crippen LogP contribution in [0.4, 0.5) is 0 Å². The van der Waals surface area contributed by atoms with E-state index in [1.807, 2.05) is 6.79 Å². The zero-order valence-electron chi connectivity index (χ0n) is 7.59. The predicted molar refractivity (Wildman–Crippen MR) is 45.0 cm³/mol. The van der Waals surface area contributed by atoms with Gasteiger partial charge in [0.1, 0.15) is 26.4 Å². The van der Waals surface area contributed by atoms with E-state index in [9.17, 15) is 5.21 Å². The van der Waals surface area contributed by atoms with E-state index in [1.165, 1.54) is 0 Å². The van der Waals surface area contributed by atoms with E-state index in [2.05, 4.69) is 0 Å². The Hall–Kier alpha value is -0.530. The Morgan fingerprint density at radius 3 is 1.23 bits per heavy atom. The van der Waals surface area contributed by atoms with Crippen molar-refractivity contribution >= 4 is 6.79 Å². The number of hydrogen-bond acceptors (Lipinski definition) is 5. The molecule has 6 nitrogen and oxygen atoms in total. The predicted octanol–water partition coefficient (Wildman–Crippen LogP) is -2.02. The Bertz CT molecular complexity index is 94.0. The van der Waals surface area contributed by atoms with Gasteiger partial charge < -0.3 is 20.1 Å². The van der Waals surface area contributed by atoms with E-state index in [4.69, 9.17) is 20.1 Å². The van der Waals surface area contributed by atoms with Gasteiger partial charge in [0.25, 0.3) is 0 Å². The van der Waals surface area contributed by atoms with Crippen molar-refractivity contribution in [1.82, 2.24) is 0 Å². The molecule has 0 aromatic carbocycles. The van der Waals surface area contributed by atoms with Crippen LogP contribution >= 0.6 is 0 Å². The third kappa shape index (κ3) is 7.82. The van der Waals surface area contributed by atoms with Crippen LogP contribution in [-0.2, 0) is 4.79 Å². The molecule has 0 spiro atoms. The molecular formula is C7H18NO5+. The number of aliphatic hydroxyl groups is 3. The number of hydrogen-bond donors (Lipinski definition) is 4. The number of nitrogens with zero attached hydrogens (tertiary/aromatic N) is 1. The Labute approximate surface area is 77.2 Å². The fraction of sp³-hybridized carbons (Fsp3) is 0.857. The SMILES string of the molecule is C=O.OCC[N+](O)(CCO)CCO. The highest BCUT2D eigenvalue weighted by Crippen LogP contribution is 1.98. The summed E-state index contributed by atoms with van der Waals surface area (Å²) in [7, 11) is 0. The van der Waals surface area contributed by atoms with Gasteiger partial charge in [-0.05, 0) is 0 Å². The molecule has 0 bridgehead atoms. The van der Waals surface area contributed by atoms with Crippen molar-refractivity contribution in [3.05, 3.63) is 0 Å².